The number of halogens is 1. The van der Waals surface area contributed by atoms with Gasteiger partial charge in [0.2, 0.25) is 11.8 Å². The summed E-state index contributed by atoms with van der Waals surface area (Å²) in [5, 5.41) is 15.0. The van der Waals surface area contributed by atoms with Crippen LogP contribution in [0.1, 0.15) is 11.4 Å². The zero-order valence-corrected chi connectivity index (χ0v) is 18.7. The van der Waals surface area contributed by atoms with Crippen molar-refractivity contribution >= 4 is 40.9 Å². The molecule has 0 saturated carbocycles. The number of methoxy groups -OCH3 is 1. The van der Waals surface area contributed by atoms with E-state index in [0.29, 0.717) is 21.7 Å². The molecule has 0 aliphatic rings. The lowest BCUT2D eigenvalue weighted by atomic mass is 10.1. The summed E-state index contributed by atoms with van der Waals surface area (Å²) >= 11 is 7.11. The van der Waals surface area contributed by atoms with E-state index < -0.39 is 0 Å². The van der Waals surface area contributed by atoms with E-state index in [2.05, 4.69) is 20.8 Å². The lowest BCUT2D eigenvalue weighted by molar-refractivity contribution is -0.120. The first-order valence-corrected chi connectivity index (χ1v) is 10.8. The van der Waals surface area contributed by atoms with E-state index in [1.165, 1.54) is 11.8 Å². The Morgan fingerprint density at radius 3 is 2.45 bits per heavy atom. The van der Waals surface area contributed by atoms with Gasteiger partial charge in [0.25, 0.3) is 0 Å². The number of carbonyl (C=O) groups is 2. The fraction of sp³-hybridized carbons (Fsp3) is 0.238. The molecule has 10 heteroatoms. The normalized spacial score (nSPS) is 10.5. The molecule has 31 heavy (non-hydrogen) atoms. The van der Waals surface area contributed by atoms with Crippen LogP contribution in [0.5, 0.6) is 5.75 Å². The molecule has 1 heterocycles. The molecular formula is C21H22ClN5O3S. The van der Waals surface area contributed by atoms with Crippen LogP contribution in [0.3, 0.4) is 0 Å². The molecule has 0 fully saturated rings. The Labute approximate surface area is 189 Å². The van der Waals surface area contributed by atoms with Gasteiger partial charge in [-0.25, -0.2) is 0 Å². The highest BCUT2D eigenvalue weighted by Crippen LogP contribution is 2.18. The van der Waals surface area contributed by atoms with Crippen molar-refractivity contribution in [2.24, 2.45) is 7.05 Å². The molecule has 0 atom stereocenters. The van der Waals surface area contributed by atoms with Gasteiger partial charge in [0.15, 0.2) is 11.0 Å². The second-order valence-corrected chi connectivity index (χ2v) is 7.98. The zero-order valence-electron chi connectivity index (χ0n) is 17.1. The van der Waals surface area contributed by atoms with Crippen molar-refractivity contribution < 1.29 is 14.3 Å². The number of thioether (sulfide) groups is 1. The highest BCUT2D eigenvalue weighted by Gasteiger charge is 2.13. The second kappa shape index (κ2) is 10.8. The van der Waals surface area contributed by atoms with Crippen molar-refractivity contribution in [1.29, 1.82) is 0 Å². The molecule has 3 rings (SSSR count). The summed E-state index contributed by atoms with van der Waals surface area (Å²) in [5.41, 5.74) is 1.56. The van der Waals surface area contributed by atoms with Gasteiger partial charge in [-0.3, -0.25) is 9.59 Å². The van der Waals surface area contributed by atoms with Gasteiger partial charge in [-0.05, 0) is 42.0 Å². The summed E-state index contributed by atoms with van der Waals surface area (Å²) in [7, 11) is 3.39. The topological polar surface area (TPSA) is 98.1 Å². The minimum Gasteiger partial charge on any atom is -0.497 e. The first-order valence-electron chi connectivity index (χ1n) is 9.40. The average molecular weight is 460 g/mol. The molecule has 0 aliphatic carbocycles. The van der Waals surface area contributed by atoms with E-state index in [0.717, 1.165) is 11.3 Å². The molecule has 162 valence electrons. The maximum atomic E-state index is 12.2. The summed E-state index contributed by atoms with van der Waals surface area (Å²) in [5.74, 6) is 1.24. The molecule has 0 aliphatic heterocycles. The van der Waals surface area contributed by atoms with Gasteiger partial charge in [0, 0.05) is 17.8 Å². The Morgan fingerprint density at radius 1 is 1.06 bits per heavy atom. The number of aromatic nitrogens is 3. The van der Waals surface area contributed by atoms with E-state index in [-0.39, 0.29) is 30.5 Å². The summed E-state index contributed by atoms with van der Waals surface area (Å²) in [6.07, 6.45) is 0.258. The van der Waals surface area contributed by atoms with Gasteiger partial charge in [0.1, 0.15) is 5.75 Å². The Kier molecular flexibility index (Phi) is 7.91. The summed E-state index contributed by atoms with van der Waals surface area (Å²) in [4.78, 5) is 24.3. The Balaban J connectivity index is 1.46. The van der Waals surface area contributed by atoms with Crippen molar-refractivity contribution in [1.82, 2.24) is 20.1 Å². The molecule has 0 bridgehead atoms. The molecule has 2 amide bonds. The molecule has 0 radical (unpaired) electrons. The number of nitrogens with zero attached hydrogens (tertiary/aromatic N) is 3. The smallest absolute Gasteiger partial charge is 0.234 e. The minimum atomic E-state index is -0.162. The van der Waals surface area contributed by atoms with E-state index in [1.54, 1.807) is 43.0 Å². The Bertz CT molecular complexity index is 1040. The maximum Gasteiger partial charge on any atom is 0.234 e. The predicted molar refractivity (Wildman–Crippen MR) is 120 cm³/mol. The van der Waals surface area contributed by atoms with Crippen LogP contribution in [0.4, 0.5) is 5.69 Å². The van der Waals surface area contributed by atoms with Crippen molar-refractivity contribution in [3.63, 3.8) is 0 Å². The third-order valence-electron chi connectivity index (χ3n) is 4.35. The van der Waals surface area contributed by atoms with Gasteiger partial charge in [-0.15, -0.1) is 10.2 Å². The molecule has 0 unspecified atom stereocenters. The van der Waals surface area contributed by atoms with Gasteiger partial charge < -0.3 is 19.9 Å². The van der Waals surface area contributed by atoms with Crippen LogP contribution in [0.25, 0.3) is 0 Å². The van der Waals surface area contributed by atoms with Crippen LogP contribution < -0.4 is 15.4 Å². The highest BCUT2D eigenvalue weighted by atomic mass is 35.5. The number of hydrogen-bond donors (Lipinski definition) is 2. The summed E-state index contributed by atoms with van der Waals surface area (Å²) in [6, 6.07) is 14.2. The first kappa shape index (κ1) is 22.6. The number of hydrogen-bond acceptors (Lipinski definition) is 6. The number of rotatable bonds is 9. The number of carbonyl (C=O) groups excluding carboxylic acids is 2. The van der Waals surface area contributed by atoms with Crippen LogP contribution in [0, 0.1) is 0 Å². The van der Waals surface area contributed by atoms with Crippen LogP contribution in [-0.2, 0) is 29.6 Å². The minimum absolute atomic E-state index is 0.121. The van der Waals surface area contributed by atoms with Crippen LogP contribution in [-0.4, -0.2) is 39.4 Å². The van der Waals surface area contributed by atoms with Crippen LogP contribution >= 0.6 is 23.4 Å². The third kappa shape index (κ3) is 6.73. The summed E-state index contributed by atoms with van der Waals surface area (Å²) < 4.78 is 6.87. The van der Waals surface area contributed by atoms with E-state index >= 15 is 0 Å². The second-order valence-electron chi connectivity index (χ2n) is 6.60. The predicted octanol–water partition coefficient (Wildman–Crippen LogP) is 3.07. The maximum absolute atomic E-state index is 12.2. The van der Waals surface area contributed by atoms with Crippen LogP contribution in [0.15, 0.2) is 53.7 Å². The first-order chi connectivity index (χ1) is 14.9. The standard InChI is InChI=1S/C21H22ClN5O3S/c1-27-18(12-23-19(28)11-14-3-9-17(30-2)10-4-14)25-26-21(27)31-13-20(29)24-16-7-5-15(22)6-8-16/h3-10H,11-13H2,1-2H3,(H,23,28)(H,24,29). The molecule has 2 aromatic carbocycles. The molecule has 2 N–H and O–H groups in total. The van der Waals surface area contributed by atoms with Crippen LogP contribution in [0.2, 0.25) is 5.02 Å². The van der Waals surface area contributed by atoms with Gasteiger partial charge >= 0.3 is 0 Å². The summed E-state index contributed by atoms with van der Waals surface area (Å²) in [6.45, 7) is 0.246. The number of anilines is 1. The van der Waals surface area contributed by atoms with Gasteiger partial charge in [-0.1, -0.05) is 35.5 Å². The third-order valence-corrected chi connectivity index (χ3v) is 5.63. The van der Waals surface area contributed by atoms with E-state index in [4.69, 9.17) is 16.3 Å². The lowest BCUT2D eigenvalue weighted by Crippen LogP contribution is -2.26. The van der Waals surface area contributed by atoms with Crippen molar-refractivity contribution in [2.75, 3.05) is 18.2 Å². The SMILES string of the molecule is COc1ccc(CC(=O)NCc2nnc(SCC(=O)Nc3ccc(Cl)cc3)n2C)cc1. The van der Waals surface area contributed by atoms with E-state index in [9.17, 15) is 9.59 Å². The number of benzene rings is 2. The molecule has 8 nitrogen and oxygen atoms in total. The molecular weight excluding hydrogens is 438 g/mol. The fourth-order valence-electron chi connectivity index (χ4n) is 2.65. The average Bonchev–Trinajstić information content (AvgIpc) is 3.12. The van der Waals surface area contributed by atoms with Gasteiger partial charge in [0.05, 0.1) is 25.8 Å². The molecule has 3 aromatic rings. The van der Waals surface area contributed by atoms with Crippen molar-refractivity contribution in [2.45, 2.75) is 18.1 Å². The molecule has 1 aromatic heterocycles. The molecule has 0 saturated heterocycles. The Hall–Kier alpha value is -3.04. The highest BCUT2D eigenvalue weighted by molar-refractivity contribution is 7.99. The Morgan fingerprint density at radius 2 is 1.77 bits per heavy atom. The quantitative estimate of drug-likeness (QED) is 0.477. The van der Waals surface area contributed by atoms with E-state index in [1.807, 2.05) is 24.3 Å². The number of amides is 2. The number of nitrogens with one attached hydrogen (secondary N) is 2. The van der Waals surface area contributed by atoms with Gasteiger partial charge in [-0.2, -0.15) is 0 Å². The van der Waals surface area contributed by atoms with Crippen molar-refractivity contribution in [3.8, 4) is 5.75 Å². The monoisotopic (exact) mass is 459 g/mol. The largest absolute Gasteiger partial charge is 0.497 e. The lowest BCUT2D eigenvalue weighted by Gasteiger charge is -2.07. The van der Waals surface area contributed by atoms with Crippen molar-refractivity contribution in [3.05, 3.63) is 64.9 Å². The zero-order chi connectivity index (χ0) is 22.2. The number of ether oxygens (including phenoxy) is 1. The fourth-order valence-corrected chi connectivity index (χ4v) is 3.51. The molecule has 0 spiro atoms.